The molecule has 7 heteroatoms. The number of ether oxygens (including phenoxy) is 1. The Bertz CT molecular complexity index is 686. The van der Waals surface area contributed by atoms with E-state index in [-0.39, 0.29) is 23.8 Å². The molecule has 0 saturated carbocycles. The number of aryl methyl sites for hydroxylation is 3. The standard InChI is InChI=1S/C14H18N2O4S/c1-10-4-6-13(7-5-10)19-9-8-15-21(17,18)14-11(2)16-20-12(14)3/h4-7,15H,8-9H2,1-3H3. The zero-order valence-electron chi connectivity index (χ0n) is 12.2. The van der Waals surface area contributed by atoms with Crippen molar-refractivity contribution in [3.8, 4) is 5.75 Å². The van der Waals surface area contributed by atoms with Gasteiger partial charge in [0.1, 0.15) is 22.9 Å². The Morgan fingerprint density at radius 1 is 1.19 bits per heavy atom. The monoisotopic (exact) mass is 310 g/mol. The van der Waals surface area contributed by atoms with Gasteiger partial charge in [0.2, 0.25) is 10.0 Å². The maximum atomic E-state index is 12.1. The molecule has 1 aromatic carbocycles. The molecule has 0 saturated heterocycles. The van der Waals surface area contributed by atoms with E-state index >= 15 is 0 Å². The van der Waals surface area contributed by atoms with Gasteiger partial charge in [0.05, 0.1) is 0 Å². The first kappa shape index (κ1) is 15.5. The lowest BCUT2D eigenvalue weighted by Gasteiger charge is -2.08. The predicted molar refractivity (Wildman–Crippen MR) is 77.8 cm³/mol. The van der Waals surface area contributed by atoms with E-state index in [9.17, 15) is 8.42 Å². The quantitative estimate of drug-likeness (QED) is 0.825. The van der Waals surface area contributed by atoms with Crippen LogP contribution in [0.25, 0.3) is 0 Å². The van der Waals surface area contributed by atoms with Crippen LogP contribution in [0.1, 0.15) is 17.0 Å². The van der Waals surface area contributed by atoms with Gasteiger partial charge < -0.3 is 9.26 Å². The Morgan fingerprint density at radius 3 is 2.43 bits per heavy atom. The zero-order valence-corrected chi connectivity index (χ0v) is 13.0. The average molecular weight is 310 g/mol. The van der Waals surface area contributed by atoms with Crippen molar-refractivity contribution in [2.45, 2.75) is 25.7 Å². The molecule has 0 aliphatic rings. The molecule has 0 spiro atoms. The van der Waals surface area contributed by atoms with E-state index in [0.717, 1.165) is 5.56 Å². The van der Waals surface area contributed by atoms with Crippen LogP contribution < -0.4 is 9.46 Å². The molecule has 2 aromatic rings. The van der Waals surface area contributed by atoms with E-state index in [4.69, 9.17) is 9.26 Å². The van der Waals surface area contributed by atoms with Crippen molar-refractivity contribution >= 4 is 10.0 Å². The number of benzene rings is 1. The molecule has 0 amide bonds. The molecule has 0 bridgehead atoms. The highest BCUT2D eigenvalue weighted by Crippen LogP contribution is 2.18. The van der Waals surface area contributed by atoms with E-state index in [0.29, 0.717) is 11.4 Å². The van der Waals surface area contributed by atoms with E-state index in [1.54, 1.807) is 13.8 Å². The minimum atomic E-state index is -3.63. The topological polar surface area (TPSA) is 81.4 Å². The van der Waals surface area contributed by atoms with Gasteiger partial charge >= 0.3 is 0 Å². The van der Waals surface area contributed by atoms with Crippen LogP contribution in [0.4, 0.5) is 0 Å². The van der Waals surface area contributed by atoms with Gasteiger partial charge in [0.15, 0.2) is 5.76 Å². The molecule has 0 radical (unpaired) electrons. The fourth-order valence-electron chi connectivity index (χ4n) is 1.91. The van der Waals surface area contributed by atoms with Crippen molar-refractivity contribution in [2.75, 3.05) is 13.2 Å². The van der Waals surface area contributed by atoms with Crippen LogP contribution in [0, 0.1) is 20.8 Å². The number of hydrogen-bond acceptors (Lipinski definition) is 5. The average Bonchev–Trinajstić information content (AvgIpc) is 2.77. The van der Waals surface area contributed by atoms with E-state index in [1.807, 2.05) is 31.2 Å². The minimum Gasteiger partial charge on any atom is -0.492 e. The molecule has 114 valence electrons. The van der Waals surface area contributed by atoms with Gasteiger partial charge in [-0.3, -0.25) is 0 Å². The first-order valence-corrected chi connectivity index (χ1v) is 8.00. The van der Waals surface area contributed by atoms with Crippen molar-refractivity contribution in [2.24, 2.45) is 0 Å². The highest BCUT2D eigenvalue weighted by molar-refractivity contribution is 7.89. The fraction of sp³-hybridized carbons (Fsp3) is 0.357. The summed E-state index contributed by atoms with van der Waals surface area (Å²) in [5.41, 5.74) is 1.49. The number of sulfonamides is 1. The summed E-state index contributed by atoms with van der Waals surface area (Å²) in [4.78, 5) is 0.0952. The molecule has 6 nitrogen and oxygen atoms in total. The molecular weight excluding hydrogens is 292 g/mol. The summed E-state index contributed by atoms with van der Waals surface area (Å²) in [5.74, 6) is 0.983. The Kier molecular flexibility index (Phi) is 4.64. The summed E-state index contributed by atoms with van der Waals surface area (Å²) >= 11 is 0. The van der Waals surface area contributed by atoms with Gasteiger partial charge in [0.25, 0.3) is 0 Å². The lowest BCUT2D eigenvalue weighted by molar-refractivity contribution is 0.322. The van der Waals surface area contributed by atoms with Crippen LogP contribution in [-0.4, -0.2) is 26.7 Å². The maximum absolute atomic E-state index is 12.1. The normalized spacial score (nSPS) is 11.6. The second-order valence-electron chi connectivity index (χ2n) is 4.71. The third kappa shape index (κ3) is 3.83. The highest BCUT2D eigenvalue weighted by atomic mass is 32.2. The maximum Gasteiger partial charge on any atom is 0.246 e. The van der Waals surface area contributed by atoms with Crippen LogP contribution in [0.5, 0.6) is 5.75 Å². The van der Waals surface area contributed by atoms with Gasteiger partial charge in [-0.2, -0.15) is 0 Å². The summed E-state index contributed by atoms with van der Waals surface area (Å²) in [6, 6.07) is 7.56. The van der Waals surface area contributed by atoms with Crippen LogP contribution in [-0.2, 0) is 10.0 Å². The molecular formula is C14H18N2O4S. The highest BCUT2D eigenvalue weighted by Gasteiger charge is 2.23. The van der Waals surface area contributed by atoms with Crippen molar-refractivity contribution in [3.05, 3.63) is 41.3 Å². The van der Waals surface area contributed by atoms with Crippen molar-refractivity contribution < 1.29 is 17.7 Å². The zero-order chi connectivity index (χ0) is 15.5. The summed E-state index contributed by atoms with van der Waals surface area (Å²) < 4.78 is 37.1. The molecule has 1 aromatic heterocycles. The Hall–Kier alpha value is -1.86. The van der Waals surface area contributed by atoms with E-state index in [1.165, 1.54) is 0 Å². The number of hydrogen-bond donors (Lipinski definition) is 1. The van der Waals surface area contributed by atoms with Crippen LogP contribution >= 0.6 is 0 Å². The number of nitrogens with one attached hydrogen (secondary N) is 1. The minimum absolute atomic E-state index is 0.0952. The first-order valence-electron chi connectivity index (χ1n) is 6.52. The molecule has 0 aliphatic heterocycles. The van der Waals surface area contributed by atoms with Gasteiger partial charge in [-0.15, -0.1) is 0 Å². The smallest absolute Gasteiger partial charge is 0.246 e. The first-order chi connectivity index (χ1) is 9.90. The molecule has 1 N–H and O–H groups in total. The van der Waals surface area contributed by atoms with Crippen molar-refractivity contribution in [1.82, 2.24) is 9.88 Å². The van der Waals surface area contributed by atoms with E-state index in [2.05, 4.69) is 9.88 Å². The molecule has 0 atom stereocenters. The van der Waals surface area contributed by atoms with Gasteiger partial charge in [-0.1, -0.05) is 22.9 Å². The number of rotatable bonds is 6. The predicted octanol–water partition coefficient (Wildman–Crippen LogP) is 1.96. The third-order valence-electron chi connectivity index (χ3n) is 2.92. The van der Waals surface area contributed by atoms with Gasteiger partial charge in [0, 0.05) is 6.54 Å². The molecule has 0 aliphatic carbocycles. The lowest BCUT2D eigenvalue weighted by atomic mass is 10.2. The lowest BCUT2D eigenvalue weighted by Crippen LogP contribution is -2.29. The SMILES string of the molecule is Cc1ccc(OCCNS(=O)(=O)c2c(C)noc2C)cc1. The largest absolute Gasteiger partial charge is 0.492 e. The molecule has 21 heavy (non-hydrogen) atoms. The van der Waals surface area contributed by atoms with E-state index < -0.39 is 10.0 Å². The summed E-state index contributed by atoms with van der Waals surface area (Å²) in [7, 11) is -3.63. The molecule has 2 rings (SSSR count). The van der Waals surface area contributed by atoms with Crippen LogP contribution in [0.15, 0.2) is 33.7 Å². The summed E-state index contributed by atoms with van der Waals surface area (Å²) in [5, 5.41) is 3.64. The summed E-state index contributed by atoms with van der Waals surface area (Å²) in [6.07, 6.45) is 0. The fourth-order valence-corrected chi connectivity index (χ4v) is 3.25. The molecule has 0 unspecified atom stereocenters. The molecule has 1 heterocycles. The summed E-state index contributed by atoms with van der Waals surface area (Å²) in [6.45, 7) is 5.55. The number of aromatic nitrogens is 1. The second kappa shape index (κ2) is 6.28. The van der Waals surface area contributed by atoms with Crippen molar-refractivity contribution in [3.63, 3.8) is 0 Å². The number of nitrogens with zero attached hydrogens (tertiary/aromatic N) is 1. The van der Waals surface area contributed by atoms with Gasteiger partial charge in [-0.25, -0.2) is 13.1 Å². The second-order valence-corrected chi connectivity index (χ2v) is 6.42. The Balaban J connectivity index is 1.90. The Morgan fingerprint density at radius 2 is 1.86 bits per heavy atom. The van der Waals surface area contributed by atoms with Crippen LogP contribution in [0.2, 0.25) is 0 Å². The van der Waals surface area contributed by atoms with Crippen molar-refractivity contribution in [1.29, 1.82) is 0 Å². The van der Waals surface area contributed by atoms with Gasteiger partial charge in [-0.05, 0) is 32.9 Å². The van der Waals surface area contributed by atoms with Crippen LogP contribution in [0.3, 0.4) is 0 Å². The third-order valence-corrected chi connectivity index (χ3v) is 4.62. The Labute approximate surface area is 124 Å². The molecule has 0 fully saturated rings.